The number of ether oxygens (including phenoxy) is 2. The zero-order valence-corrected chi connectivity index (χ0v) is 25.2. The molecule has 0 saturated heterocycles. The van der Waals surface area contributed by atoms with E-state index in [4.69, 9.17) is 9.47 Å². The van der Waals surface area contributed by atoms with Gasteiger partial charge in [-0.3, -0.25) is 9.59 Å². The number of fused-ring (bicyclic) bond motifs is 1. The number of nitrogens with one attached hydrogen (secondary N) is 1. The standard InChI is InChI=1S/C24H20FN3O6S.2Na/c1-33-18-8-14(4-7-17(18)25)9-26-22(30)20-27-21(29)19-16(12-35-23(19)28-20)11-34-10-13-2-5-15(6-3-13)24(31)32;;/h2-8,12H,9-11H2,1H3,(H3,26,27,28,29,30,31,32);;/q;2*+1/p-2. The third-order valence-electron chi connectivity index (χ3n) is 5.06. The van der Waals surface area contributed by atoms with E-state index >= 15 is 0 Å². The molecule has 0 atom stereocenters. The molecule has 0 fully saturated rings. The van der Waals surface area contributed by atoms with E-state index in [0.29, 0.717) is 16.0 Å². The second kappa shape index (κ2) is 14.2. The smallest absolute Gasteiger partial charge is 0.545 e. The summed E-state index contributed by atoms with van der Waals surface area (Å²) >= 11 is 1.19. The van der Waals surface area contributed by atoms with E-state index in [9.17, 15) is 23.9 Å². The van der Waals surface area contributed by atoms with Crippen LogP contribution in [0.15, 0.2) is 52.6 Å². The van der Waals surface area contributed by atoms with Gasteiger partial charge in [-0.15, -0.1) is 11.3 Å². The molecule has 0 aliphatic rings. The number of benzene rings is 2. The number of carbonyl (C=O) groups excluding carboxylic acids is 2. The van der Waals surface area contributed by atoms with Gasteiger partial charge < -0.3 is 34.7 Å². The Labute approximate surface area is 259 Å². The van der Waals surface area contributed by atoms with Crippen LogP contribution in [0, 0.1) is 5.82 Å². The Morgan fingerprint density at radius 1 is 1.11 bits per heavy atom. The van der Waals surface area contributed by atoms with Crippen LogP contribution in [0.3, 0.4) is 0 Å². The average Bonchev–Trinajstić information content (AvgIpc) is 3.27. The summed E-state index contributed by atoms with van der Waals surface area (Å²) in [6.45, 7) is 0.381. The van der Waals surface area contributed by atoms with E-state index in [2.05, 4.69) is 15.3 Å². The van der Waals surface area contributed by atoms with Crippen LogP contribution in [0.25, 0.3) is 10.2 Å². The van der Waals surface area contributed by atoms with Crippen molar-refractivity contribution in [3.8, 4) is 5.75 Å². The van der Waals surface area contributed by atoms with Gasteiger partial charge >= 0.3 is 59.1 Å². The Morgan fingerprint density at radius 3 is 2.49 bits per heavy atom. The van der Waals surface area contributed by atoms with Gasteiger partial charge in [-0.2, -0.15) is 0 Å². The van der Waals surface area contributed by atoms with Crippen molar-refractivity contribution in [2.24, 2.45) is 0 Å². The van der Waals surface area contributed by atoms with E-state index < -0.39 is 23.3 Å². The van der Waals surface area contributed by atoms with Crippen molar-refractivity contribution in [2.75, 3.05) is 7.11 Å². The molecule has 2 heterocycles. The van der Waals surface area contributed by atoms with Crippen LogP contribution in [0.4, 0.5) is 4.39 Å². The number of halogens is 1. The molecule has 13 heteroatoms. The first-order valence-corrected chi connectivity index (χ1v) is 11.2. The summed E-state index contributed by atoms with van der Waals surface area (Å²) in [7, 11) is 1.34. The monoisotopic (exact) mass is 541 g/mol. The molecule has 2 aromatic carbocycles. The van der Waals surface area contributed by atoms with E-state index in [0.717, 1.165) is 5.56 Å². The maximum Gasteiger partial charge on any atom is 1.00 e. The van der Waals surface area contributed by atoms with Crippen molar-refractivity contribution in [2.45, 2.75) is 19.8 Å². The first kappa shape index (κ1) is 31.1. The molecule has 37 heavy (non-hydrogen) atoms. The van der Waals surface area contributed by atoms with Crippen LogP contribution in [0.5, 0.6) is 5.75 Å². The fourth-order valence-corrected chi connectivity index (χ4v) is 4.18. The van der Waals surface area contributed by atoms with E-state index in [-0.39, 0.29) is 101 Å². The molecule has 1 N–H and O–H groups in total. The van der Waals surface area contributed by atoms with Gasteiger partial charge in [-0.1, -0.05) is 30.3 Å². The molecule has 180 valence electrons. The number of hydrogen-bond acceptors (Lipinski definition) is 8. The van der Waals surface area contributed by atoms with E-state index in [1.54, 1.807) is 17.5 Å². The molecule has 0 unspecified atom stereocenters. The van der Waals surface area contributed by atoms with Gasteiger partial charge in [-0.25, -0.2) is 4.39 Å². The maximum absolute atomic E-state index is 13.5. The fraction of sp³-hybridized carbons (Fsp3) is 0.167. The summed E-state index contributed by atoms with van der Waals surface area (Å²) in [5, 5.41) is 15.4. The van der Waals surface area contributed by atoms with E-state index in [1.807, 2.05) is 0 Å². The molecule has 0 spiro atoms. The first-order chi connectivity index (χ1) is 16.9. The molecular formula is C24H18FN3Na2O6S. The van der Waals surface area contributed by atoms with Crippen LogP contribution >= 0.6 is 11.3 Å². The summed E-state index contributed by atoms with van der Waals surface area (Å²) in [6, 6.07) is 10.3. The first-order valence-electron chi connectivity index (χ1n) is 10.3. The van der Waals surface area contributed by atoms with Gasteiger partial charge in [0.25, 0.3) is 0 Å². The number of amides is 1. The summed E-state index contributed by atoms with van der Waals surface area (Å²) in [5.41, 5.74) is 1.42. The van der Waals surface area contributed by atoms with Crippen molar-refractivity contribution in [3.63, 3.8) is 0 Å². The van der Waals surface area contributed by atoms with Gasteiger partial charge in [0.1, 0.15) is 0 Å². The zero-order chi connectivity index (χ0) is 24.9. The third kappa shape index (κ3) is 7.71. The molecule has 4 rings (SSSR count). The average molecular weight is 541 g/mol. The van der Waals surface area contributed by atoms with Crippen LogP contribution in [0.1, 0.15) is 37.7 Å². The Bertz CT molecular complexity index is 1460. The predicted molar refractivity (Wildman–Crippen MR) is 123 cm³/mol. The minimum absolute atomic E-state index is 0. The summed E-state index contributed by atoms with van der Waals surface area (Å²) in [6.07, 6.45) is 0. The molecule has 0 bridgehead atoms. The quantitative estimate of drug-likeness (QED) is 0.211. The van der Waals surface area contributed by atoms with E-state index in [1.165, 1.54) is 48.8 Å². The number of rotatable bonds is 9. The van der Waals surface area contributed by atoms with Gasteiger partial charge in [0, 0.05) is 22.6 Å². The topological polar surface area (TPSA) is 132 Å². The largest absolute Gasteiger partial charge is 1.00 e. The Hall–Kier alpha value is -2.09. The van der Waals surface area contributed by atoms with Gasteiger partial charge in [0.2, 0.25) is 5.91 Å². The molecule has 0 aliphatic carbocycles. The number of aromatic carboxylic acids is 1. The molecule has 4 aromatic rings. The third-order valence-corrected chi connectivity index (χ3v) is 5.99. The Balaban J connectivity index is 0.00000241. The Morgan fingerprint density at radius 2 is 1.81 bits per heavy atom. The minimum Gasteiger partial charge on any atom is -0.545 e. The van der Waals surface area contributed by atoms with Crippen molar-refractivity contribution in [3.05, 3.63) is 92.1 Å². The number of aromatic nitrogens is 2. The number of carboxylic acids is 1. The maximum atomic E-state index is 13.5. The molecule has 0 saturated carbocycles. The summed E-state index contributed by atoms with van der Waals surface area (Å²) in [4.78, 5) is 44.3. The normalized spacial score (nSPS) is 10.3. The molecule has 2 aromatic heterocycles. The van der Waals surface area contributed by atoms with Gasteiger partial charge in [0.05, 0.1) is 26.3 Å². The van der Waals surface area contributed by atoms with Crippen LogP contribution in [-0.2, 0) is 24.5 Å². The van der Waals surface area contributed by atoms with Crippen LogP contribution in [-0.4, -0.2) is 24.0 Å². The number of nitrogens with zero attached hydrogens (tertiary/aromatic N) is 2. The number of hydrogen-bond donors (Lipinski definition) is 1. The second-order valence-electron chi connectivity index (χ2n) is 7.42. The van der Waals surface area contributed by atoms with Crippen molar-refractivity contribution < 1.29 is 87.7 Å². The van der Waals surface area contributed by atoms with Crippen molar-refractivity contribution >= 4 is 33.4 Å². The molecular weight excluding hydrogens is 523 g/mol. The SMILES string of the molecule is COc1cc(CNC(=O)c2nc3scc(COCc4ccc(C(=O)[O-])cc4)c3c(=O)[n-]2)ccc1F.[Na+].[Na+]. The molecule has 0 aliphatic heterocycles. The minimum atomic E-state index is -1.26. The van der Waals surface area contributed by atoms with Gasteiger partial charge in [-0.05, 0) is 39.8 Å². The summed E-state index contributed by atoms with van der Waals surface area (Å²) < 4.78 is 24.1. The molecule has 9 nitrogen and oxygen atoms in total. The predicted octanol–water partition coefficient (Wildman–Crippen LogP) is -4.22. The van der Waals surface area contributed by atoms with Crippen molar-refractivity contribution in [1.29, 1.82) is 0 Å². The number of carbonyl (C=O) groups is 2. The number of methoxy groups -OCH3 is 1. The van der Waals surface area contributed by atoms with Crippen LogP contribution < -0.4 is 84.8 Å². The van der Waals surface area contributed by atoms with Crippen molar-refractivity contribution in [1.82, 2.24) is 15.3 Å². The Kier molecular flexibility index (Phi) is 11.9. The summed E-state index contributed by atoms with van der Waals surface area (Å²) in [5.74, 6) is -2.62. The molecule has 0 radical (unpaired) electrons. The second-order valence-corrected chi connectivity index (χ2v) is 8.28. The number of thiophene rings is 1. The fourth-order valence-electron chi connectivity index (χ4n) is 3.27. The number of carboxylic acid groups (broad SMARTS) is 1. The zero-order valence-electron chi connectivity index (χ0n) is 20.4. The van der Waals surface area contributed by atoms with Crippen LogP contribution in [0.2, 0.25) is 0 Å². The molecule has 1 amide bonds. The van der Waals surface area contributed by atoms with Gasteiger partial charge in [0.15, 0.2) is 17.1 Å².